The highest BCUT2D eigenvalue weighted by molar-refractivity contribution is 7.10. The zero-order valence-corrected chi connectivity index (χ0v) is 14.7. The van der Waals surface area contributed by atoms with E-state index in [2.05, 4.69) is 23.3 Å². The van der Waals surface area contributed by atoms with Gasteiger partial charge in [-0.05, 0) is 48.9 Å². The number of fused-ring (bicyclic) bond motifs is 2. The van der Waals surface area contributed by atoms with Gasteiger partial charge in [0.15, 0.2) is 0 Å². The molecule has 0 fully saturated rings. The smallest absolute Gasteiger partial charge is 0.291 e. The number of ketones is 1. The Balaban J connectivity index is 1.64. The molecule has 3 heterocycles. The van der Waals surface area contributed by atoms with Crippen molar-refractivity contribution in [2.75, 3.05) is 18.1 Å². The molecule has 0 aliphatic carbocycles. The van der Waals surface area contributed by atoms with E-state index in [4.69, 9.17) is 0 Å². The zero-order valence-electron chi connectivity index (χ0n) is 13.9. The summed E-state index contributed by atoms with van der Waals surface area (Å²) >= 11 is 1.82. The Labute approximate surface area is 145 Å². The highest BCUT2D eigenvalue weighted by atomic mass is 32.1. The average molecular weight is 340 g/mol. The number of amides is 1. The van der Waals surface area contributed by atoms with Crippen molar-refractivity contribution in [1.82, 2.24) is 4.90 Å². The number of benzene rings is 1. The third-order valence-corrected chi connectivity index (χ3v) is 6.04. The van der Waals surface area contributed by atoms with Crippen LogP contribution in [-0.4, -0.2) is 29.8 Å². The van der Waals surface area contributed by atoms with Crippen molar-refractivity contribution < 1.29 is 9.59 Å². The second-order valence-corrected chi connectivity index (χ2v) is 7.51. The standard InChI is InChI=1S/C19H20N2O2S/c1-3-15-13-7-9-24-17(13)6-8-20(15)11-21-16-5-4-12(2)10-14(16)18(22)19(21)23/h4-5,7,9-10,15H,3,6,8,11H2,1-2H3/t15-/m1/s1. The minimum atomic E-state index is -0.401. The van der Waals surface area contributed by atoms with Crippen LogP contribution in [0.25, 0.3) is 0 Å². The summed E-state index contributed by atoms with van der Waals surface area (Å²) in [5.74, 6) is -0.781. The number of hydrogen-bond donors (Lipinski definition) is 0. The van der Waals surface area contributed by atoms with Gasteiger partial charge in [-0.15, -0.1) is 11.3 Å². The molecule has 4 nitrogen and oxygen atoms in total. The van der Waals surface area contributed by atoms with Crippen LogP contribution in [0.1, 0.15) is 45.7 Å². The molecular weight excluding hydrogens is 320 g/mol. The minimum absolute atomic E-state index is 0.317. The van der Waals surface area contributed by atoms with Crippen LogP contribution in [0.5, 0.6) is 0 Å². The molecule has 0 bridgehead atoms. The number of rotatable bonds is 3. The first kappa shape index (κ1) is 15.5. The van der Waals surface area contributed by atoms with Gasteiger partial charge < -0.3 is 0 Å². The Kier molecular flexibility index (Phi) is 3.77. The highest BCUT2D eigenvalue weighted by Gasteiger charge is 2.38. The molecule has 0 spiro atoms. The summed E-state index contributed by atoms with van der Waals surface area (Å²) in [7, 11) is 0. The summed E-state index contributed by atoms with van der Waals surface area (Å²) in [6, 6.07) is 8.20. The Hall–Kier alpha value is -1.98. The van der Waals surface area contributed by atoms with Crippen molar-refractivity contribution in [2.45, 2.75) is 32.7 Å². The second-order valence-electron chi connectivity index (χ2n) is 6.51. The molecule has 2 aromatic rings. The summed E-state index contributed by atoms with van der Waals surface area (Å²) in [5.41, 5.74) is 3.68. The number of Topliss-reactive ketones (excluding diaryl/α,β-unsaturated/α-hetero) is 1. The molecule has 0 unspecified atom stereocenters. The third-order valence-electron chi connectivity index (χ3n) is 5.04. The molecule has 24 heavy (non-hydrogen) atoms. The summed E-state index contributed by atoms with van der Waals surface area (Å²) in [6.07, 6.45) is 2.01. The van der Waals surface area contributed by atoms with Crippen LogP contribution < -0.4 is 4.90 Å². The molecule has 124 valence electrons. The fourth-order valence-corrected chi connectivity index (χ4v) is 4.76. The summed E-state index contributed by atoms with van der Waals surface area (Å²) < 4.78 is 0. The first-order valence-electron chi connectivity index (χ1n) is 8.37. The fraction of sp³-hybridized carbons (Fsp3) is 0.368. The molecular formula is C19H20N2O2S. The molecule has 1 amide bonds. The van der Waals surface area contributed by atoms with Gasteiger partial charge >= 0.3 is 5.91 Å². The SMILES string of the molecule is CC[C@@H]1c2ccsc2CCN1CN1C(=O)C(=O)c2cc(C)ccc21. The lowest BCUT2D eigenvalue weighted by atomic mass is 9.98. The molecule has 4 rings (SSSR count). The first-order valence-corrected chi connectivity index (χ1v) is 9.25. The number of hydrogen-bond acceptors (Lipinski definition) is 4. The normalized spacial score (nSPS) is 20.4. The monoisotopic (exact) mass is 340 g/mol. The van der Waals surface area contributed by atoms with Crippen molar-refractivity contribution in [3.05, 3.63) is 51.2 Å². The average Bonchev–Trinajstić information content (AvgIpc) is 3.14. The van der Waals surface area contributed by atoms with Gasteiger partial charge in [-0.25, -0.2) is 0 Å². The predicted molar refractivity (Wildman–Crippen MR) is 95.6 cm³/mol. The Morgan fingerprint density at radius 2 is 2.08 bits per heavy atom. The van der Waals surface area contributed by atoms with E-state index in [0.29, 0.717) is 18.3 Å². The van der Waals surface area contributed by atoms with Gasteiger partial charge in [0.05, 0.1) is 17.9 Å². The van der Waals surface area contributed by atoms with E-state index in [1.165, 1.54) is 10.4 Å². The predicted octanol–water partition coefficient (Wildman–Crippen LogP) is 3.55. The Bertz CT molecular complexity index is 827. The summed E-state index contributed by atoms with van der Waals surface area (Å²) in [4.78, 5) is 30.2. The Morgan fingerprint density at radius 3 is 2.88 bits per heavy atom. The van der Waals surface area contributed by atoms with Crippen molar-refractivity contribution in [3.8, 4) is 0 Å². The largest absolute Gasteiger partial charge is 0.300 e. The molecule has 2 aliphatic rings. The number of carbonyl (C=O) groups excluding carboxylic acids is 2. The van der Waals surface area contributed by atoms with Crippen molar-refractivity contribution in [2.24, 2.45) is 0 Å². The van der Waals surface area contributed by atoms with Crippen molar-refractivity contribution in [3.63, 3.8) is 0 Å². The molecule has 0 saturated carbocycles. The van der Waals surface area contributed by atoms with Crippen LogP contribution in [-0.2, 0) is 11.2 Å². The second kappa shape index (κ2) is 5.83. The number of thiophene rings is 1. The number of nitrogens with zero attached hydrogens (tertiary/aromatic N) is 2. The van der Waals surface area contributed by atoms with Gasteiger partial charge in [-0.3, -0.25) is 19.4 Å². The summed E-state index contributed by atoms with van der Waals surface area (Å²) in [6.45, 7) is 5.52. The van der Waals surface area contributed by atoms with Crippen molar-refractivity contribution >= 4 is 28.7 Å². The lowest BCUT2D eigenvalue weighted by Gasteiger charge is -2.37. The molecule has 1 aromatic carbocycles. The zero-order chi connectivity index (χ0) is 16.8. The third kappa shape index (κ3) is 2.31. The molecule has 0 radical (unpaired) electrons. The fourth-order valence-electron chi connectivity index (χ4n) is 3.83. The maximum Gasteiger partial charge on any atom is 0.300 e. The van der Waals surface area contributed by atoms with E-state index >= 15 is 0 Å². The number of carbonyl (C=O) groups is 2. The van der Waals surface area contributed by atoms with Crippen LogP contribution >= 0.6 is 11.3 Å². The van der Waals surface area contributed by atoms with Gasteiger partial charge in [0.1, 0.15) is 0 Å². The van der Waals surface area contributed by atoms with Gasteiger partial charge in [0.25, 0.3) is 5.78 Å². The molecule has 0 N–H and O–H groups in total. The quantitative estimate of drug-likeness (QED) is 0.802. The van der Waals surface area contributed by atoms with Crippen LogP contribution in [0.4, 0.5) is 5.69 Å². The highest BCUT2D eigenvalue weighted by Crippen LogP contribution is 2.37. The van der Waals surface area contributed by atoms with E-state index in [0.717, 1.165) is 30.6 Å². The molecule has 1 aromatic heterocycles. The van der Waals surface area contributed by atoms with Gasteiger partial charge in [0.2, 0.25) is 0 Å². The van der Waals surface area contributed by atoms with E-state index in [1.54, 1.807) is 4.90 Å². The first-order chi connectivity index (χ1) is 11.6. The maximum absolute atomic E-state index is 12.5. The van der Waals surface area contributed by atoms with Gasteiger partial charge in [0, 0.05) is 17.5 Å². The lowest BCUT2D eigenvalue weighted by molar-refractivity contribution is -0.114. The topological polar surface area (TPSA) is 40.6 Å². The van der Waals surface area contributed by atoms with E-state index in [-0.39, 0.29) is 5.78 Å². The van der Waals surface area contributed by atoms with Crippen LogP contribution in [0.3, 0.4) is 0 Å². The molecule has 5 heteroatoms. The Morgan fingerprint density at radius 1 is 1.25 bits per heavy atom. The number of anilines is 1. The lowest BCUT2D eigenvalue weighted by Crippen LogP contribution is -2.45. The van der Waals surface area contributed by atoms with Crippen LogP contribution in [0, 0.1) is 6.92 Å². The minimum Gasteiger partial charge on any atom is -0.291 e. The molecule has 0 saturated heterocycles. The molecule has 2 aliphatic heterocycles. The summed E-state index contributed by atoms with van der Waals surface area (Å²) in [5, 5.41) is 2.15. The van der Waals surface area contributed by atoms with E-state index in [9.17, 15) is 9.59 Å². The number of aryl methyl sites for hydroxylation is 1. The van der Waals surface area contributed by atoms with Gasteiger partial charge in [-0.1, -0.05) is 18.6 Å². The van der Waals surface area contributed by atoms with Crippen LogP contribution in [0.2, 0.25) is 0 Å². The molecule has 1 atom stereocenters. The van der Waals surface area contributed by atoms with E-state index in [1.807, 2.05) is 36.5 Å². The maximum atomic E-state index is 12.5. The van der Waals surface area contributed by atoms with Crippen LogP contribution in [0.15, 0.2) is 29.6 Å². The van der Waals surface area contributed by atoms with Crippen molar-refractivity contribution in [1.29, 1.82) is 0 Å². The van der Waals surface area contributed by atoms with E-state index < -0.39 is 5.91 Å². The van der Waals surface area contributed by atoms with Gasteiger partial charge in [-0.2, -0.15) is 0 Å².